The van der Waals surface area contributed by atoms with E-state index in [1.54, 1.807) is 36.4 Å². The summed E-state index contributed by atoms with van der Waals surface area (Å²) in [7, 11) is 11.0. The first kappa shape index (κ1) is 47.3. The molecule has 56 heavy (non-hydrogen) atoms. The van der Waals surface area contributed by atoms with Gasteiger partial charge in [-0.15, -0.1) is 69.1 Å². The van der Waals surface area contributed by atoms with Crippen LogP contribution in [0.1, 0.15) is 47.2 Å². The van der Waals surface area contributed by atoms with Crippen molar-refractivity contribution in [2.45, 2.75) is 64.5 Å². The topological polar surface area (TPSA) is 0 Å². The van der Waals surface area contributed by atoms with Gasteiger partial charge in [-0.25, -0.2) is 0 Å². The Hall–Kier alpha value is -3.06. The van der Waals surface area contributed by atoms with Crippen LogP contribution in [0.25, 0.3) is 43.8 Å². The van der Waals surface area contributed by atoms with Gasteiger partial charge in [0.25, 0.3) is 0 Å². The third-order valence-corrected chi connectivity index (χ3v) is 8.32. The Morgan fingerprint density at radius 1 is 0.500 bits per heavy atom. The third kappa shape index (κ3) is 12.0. The Labute approximate surface area is 337 Å². The SMILES string of the molecule is CCc1cc2c(-c3ccc(C(F)(F)F)cc3C(F)(F)F)cccc2[cH-]1.CCc1cc2c(-c3ccc(C(F)(F)F)cc3C(F)(F)F)cccc2[cH-]1.C[Si]C.[Cl][Zr+2][Cl]. The molecule has 0 saturated heterocycles. The van der Waals surface area contributed by atoms with E-state index in [0.29, 0.717) is 35.7 Å². The summed E-state index contributed by atoms with van der Waals surface area (Å²) in [5, 5.41) is 2.74. The Kier molecular flexibility index (Phi) is 16.6. The van der Waals surface area contributed by atoms with E-state index in [4.69, 9.17) is 17.0 Å². The molecule has 0 atom stereocenters. The average Bonchev–Trinajstić information content (AvgIpc) is 3.75. The second-order valence-electron chi connectivity index (χ2n) is 12.1. The van der Waals surface area contributed by atoms with Crippen molar-refractivity contribution in [2.75, 3.05) is 0 Å². The van der Waals surface area contributed by atoms with Crippen LogP contribution in [0.15, 0.2) is 97.1 Å². The summed E-state index contributed by atoms with van der Waals surface area (Å²) in [5.74, 6) is 0. The van der Waals surface area contributed by atoms with Gasteiger partial charge >= 0.3 is 62.6 Å². The van der Waals surface area contributed by atoms with Crippen molar-refractivity contribution in [1.82, 2.24) is 0 Å². The Bertz CT molecular complexity index is 2040. The second-order valence-corrected chi connectivity index (χ2v) is 16.9. The molecule has 298 valence electrons. The molecule has 0 aliphatic heterocycles. The van der Waals surface area contributed by atoms with Crippen LogP contribution in [-0.4, -0.2) is 9.52 Å². The predicted octanol–water partition coefficient (Wildman–Crippen LogP) is 15.8. The normalized spacial score (nSPS) is 11.9. The van der Waals surface area contributed by atoms with Crippen LogP contribution >= 0.6 is 17.0 Å². The molecule has 0 heterocycles. The quantitative estimate of drug-likeness (QED) is 0.0939. The van der Waals surface area contributed by atoms with E-state index in [1.165, 1.54) is 12.1 Å². The average molecular weight is 931 g/mol. The number of rotatable bonds is 4. The maximum absolute atomic E-state index is 13.4. The summed E-state index contributed by atoms with van der Waals surface area (Å²) in [5.41, 5.74) is -3.22. The van der Waals surface area contributed by atoms with Gasteiger partial charge in [0.15, 0.2) is 0 Å². The fourth-order valence-electron chi connectivity index (χ4n) is 5.85. The van der Waals surface area contributed by atoms with E-state index >= 15 is 0 Å². The van der Waals surface area contributed by atoms with Gasteiger partial charge in [-0.05, 0) is 48.2 Å². The van der Waals surface area contributed by atoms with E-state index in [2.05, 4.69) is 13.1 Å². The van der Waals surface area contributed by atoms with Crippen molar-refractivity contribution in [3.8, 4) is 22.3 Å². The third-order valence-electron chi connectivity index (χ3n) is 8.32. The monoisotopic (exact) mass is 928 g/mol. The first-order valence-corrected chi connectivity index (χ1v) is 24.9. The number of hydrogen-bond donors (Lipinski definition) is 0. The van der Waals surface area contributed by atoms with Gasteiger partial charge in [-0.1, -0.05) is 62.3 Å². The molecule has 6 aromatic carbocycles. The fraction of sp³-hybridized carbons (Fsp3) is 0.250. The minimum absolute atomic E-state index is 0.178. The molecule has 16 heteroatoms. The second kappa shape index (κ2) is 19.6. The first-order chi connectivity index (χ1) is 26.0. The standard InChI is InChI=1S/2C19H13F6.C2H6Si.2ClH.Zr/c2*1-2-11-8-12-4-3-5-14(16(12)9-11)15-7-6-13(18(20,21)22)10-17(15)19(23,24)25;1-3-2;;;/h2*3-10H,2H2,1H3;1-2H3;2*1H;/q2*-1;;;;+4/p-2. The molecule has 0 bridgehead atoms. The van der Waals surface area contributed by atoms with Crippen molar-refractivity contribution in [3.63, 3.8) is 0 Å². The fourth-order valence-corrected chi connectivity index (χ4v) is 5.85. The molecule has 2 radical (unpaired) electrons. The van der Waals surface area contributed by atoms with Crippen molar-refractivity contribution in [2.24, 2.45) is 0 Å². The molecule has 0 unspecified atom stereocenters. The van der Waals surface area contributed by atoms with E-state index in [0.717, 1.165) is 43.6 Å². The van der Waals surface area contributed by atoms with Crippen molar-refractivity contribution in [1.29, 1.82) is 0 Å². The van der Waals surface area contributed by atoms with Gasteiger partial charge in [0.1, 0.15) is 0 Å². The van der Waals surface area contributed by atoms with Crippen LogP contribution in [0.5, 0.6) is 0 Å². The number of aryl methyl sites for hydroxylation is 2. The molecule has 6 rings (SSSR count). The van der Waals surface area contributed by atoms with Gasteiger partial charge in [-0.2, -0.15) is 64.8 Å². The van der Waals surface area contributed by atoms with Crippen LogP contribution in [0.3, 0.4) is 0 Å². The number of halogens is 14. The molecule has 6 aromatic rings. The molecule has 0 amide bonds. The Morgan fingerprint density at radius 2 is 0.821 bits per heavy atom. The molecular formula is C40H32Cl2F12SiZr. The number of fused-ring (bicyclic) bond motifs is 2. The molecule has 0 N–H and O–H groups in total. The molecule has 0 fully saturated rings. The zero-order valence-corrected chi connectivity index (χ0v) is 34.9. The van der Waals surface area contributed by atoms with Gasteiger partial charge < -0.3 is 0 Å². The van der Waals surface area contributed by atoms with E-state index in [9.17, 15) is 52.7 Å². The molecule has 0 saturated carbocycles. The molecule has 0 aromatic heterocycles. The number of benzene rings is 4. The summed E-state index contributed by atoms with van der Waals surface area (Å²) in [6, 6.07) is 20.6. The summed E-state index contributed by atoms with van der Waals surface area (Å²) < 4.78 is 157. The van der Waals surface area contributed by atoms with Crippen LogP contribution in [0.4, 0.5) is 52.7 Å². The Morgan fingerprint density at radius 3 is 1.09 bits per heavy atom. The van der Waals surface area contributed by atoms with Crippen LogP contribution in [0, 0.1) is 0 Å². The summed E-state index contributed by atoms with van der Waals surface area (Å²) in [4.78, 5) is 0. The van der Waals surface area contributed by atoms with Crippen LogP contribution < -0.4 is 0 Å². The van der Waals surface area contributed by atoms with E-state index in [1.807, 2.05) is 26.0 Å². The summed E-state index contributed by atoms with van der Waals surface area (Å²) in [6.07, 6.45) is -18.0. The van der Waals surface area contributed by atoms with Crippen molar-refractivity contribution < 1.29 is 73.5 Å². The molecule has 0 aliphatic rings. The van der Waals surface area contributed by atoms with E-state index in [-0.39, 0.29) is 34.4 Å². The van der Waals surface area contributed by atoms with Gasteiger partial charge in [-0.3, -0.25) is 0 Å². The van der Waals surface area contributed by atoms with Crippen LogP contribution in [0.2, 0.25) is 13.1 Å². The molecular weight excluding hydrogens is 899 g/mol. The van der Waals surface area contributed by atoms with E-state index < -0.39 is 67.8 Å². The number of alkyl halides is 12. The zero-order chi connectivity index (χ0) is 42.2. The molecule has 0 nitrogen and oxygen atoms in total. The maximum atomic E-state index is 13.4. The zero-order valence-electron chi connectivity index (χ0n) is 29.9. The summed E-state index contributed by atoms with van der Waals surface area (Å²) in [6.45, 7) is 8.15. The summed E-state index contributed by atoms with van der Waals surface area (Å²) >= 11 is -0.826. The molecule has 0 spiro atoms. The Balaban J connectivity index is 0.000000264. The van der Waals surface area contributed by atoms with Gasteiger partial charge in [0.05, 0.1) is 22.3 Å². The predicted molar refractivity (Wildman–Crippen MR) is 198 cm³/mol. The number of hydrogen-bond acceptors (Lipinski definition) is 0. The first-order valence-electron chi connectivity index (χ1n) is 16.5. The van der Waals surface area contributed by atoms with Gasteiger partial charge in [0, 0.05) is 9.52 Å². The van der Waals surface area contributed by atoms with Crippen LogP contribution in [-0.2, 0) is 58.4 Å². The molecule has 0 aliphatic carbocycles. The van der Waals surface area contributed by atoms with Crippen molar-refractivity contribution in [3.05, 3.63) is 130 Å². The van der Waals surface area contributed by atoms with Gasteiger partial charge in [0.2, 0.25) is 0 Å². The minimum atomic E-state index is -4.89. The van der Waals surface area contributed by atoms with Crippen molar-refractivity contribution >= 4 is 48.1 Å².